The number of nitrogens with zero attached hydrogens (tertiary/aromatic N) is 2. The standard InChI is InChI=1S/C17H23N3/c1-12(2)20-16(18)15(13-8-4-3-5-9-13)19-17(20)14-10-6-7-11-14/h3-5,8-9,12,14H,6-7,10-11,18H2,1-2H3. The highest BCUT2D eigenvalue weighted by atomic mass is 15.2. The van der Waals surface area contributed by atoms with Crippen molar-refractivity contribution in [3.05, 3.63) is 36.2 Å². The molecule has 0 bridgehead atoms. The quantitative estimate of drug-likeness (QED) is 0.899. The molecule has 1 aliphatic carbocycles. The zero-order chi connectivity index (χ0) is 14.1. The summed E-state index contributed by atoms with van der Waals surface area (Å²) in [6.07, 6.45) is 5.13. The molecule has 0 aliphatic heterocycles. The van der Waals surface area contributed by atoms with Crippen LogP contribution in [0.1, 0.15) is 57.3 Å². The Bertz CT molecular complexity index is 578. The summed E-state index contributed by atoms with van der Waals surface area (Å²) in [5, 5.41) is 0. The van der Waals surface area contributed by atoms with Gasteiger partial charge in [-0.05, 0) is 26.7 Å². The van der Waals surface area contributed by atoms with Gasteiger partial charge in [-0.15, -0.1) is 0 Å². The van der Waals surface area contributed by atoms with E-state index in [1.807, 2.05) is 18.2 Å². The Labute approximate surface area is 120 Å². The lowest BCUT2D eigenvalue weighted by Gasteiger charge is -2.17. The summed E-state index contributed by atoms with van der Waals surface area (Å²) in [5.41, 5.74) is 8.47. The highest BCUT2D eigenvalue weighted by Gasteiger charge is 2.26. The average molecular weight is 269 g/mol. The predicted molar refractivity (Wildman–Crippen MR) is 83.7 cm³/mol. The molecule has 106 valence electrons. The Morgan fingerprint density at radius 1 is 1.15 bits per heavy atom. The van der Waals surface area contributed by atoms with Gasteiger partial charge in [0.25, 0.3) is 0 Å². The SMILES string of the molecule is CC(C)n1c(C2CCCC2)nc(-c2ccccc2)c1N. The maximum atomic E-state index is 6.41. The van der Waals surface area contributed by atoms with Crippen molar-refractivity contribution < 1.29 is 0 Å². The molecular formula is C17H23N3. The minimum atomic E-state index is 0.357. The number of imidazole rings is 1. The third-order valence-electron chi connectivity index (χ3n) is 4.26. The lowest BCUT2D eigenvalue weighted by Crippen LogP contribution is -2.11. The largest absolute Gasteiger partial charge is 0.383 e. The van der Waals surface area contributed by atoms with E-state index in [0.29, 0.717) is 12.0 Å². The predicted octanol–water partition coefficient (Wildman–Crippen LogP) is 4.37. The minimum absolute atomic E-state index is 0.357. The molecule has 1 aromatic heterocycles. The molecule has 1 fully saturated rings. The summed E-state index contributed by atoms with van der Waals surface area (Å²) in [6, 6.07) is 10.6. The summed E-state index contributed by atoms with van der Waals surface area (Å²) in [7, 11) is 0. The highest BCUT2D eigenvalue weighted by molar-refractivity contribution is 5.71. The van der Waals surface area contributed by atoms with Crippen LogP contribution in [0.5, 0.6) is 0 Å². The number of aromatic nitrogens is 2. The van der Waals surface area contributed by atoms with Crippen LogP contribution in [-0.4, -0.2) is 9.55 Å². The van der Waals surface area contributed by atoms with E-state index in [9.17, 15) is 0 Å². The number of hydrogen-bond acceptors (Lipinski definition) is 2. The molecule has 0 unspecified atom stereocenters. The van der Waals surface area contributed by atoms with E-state index < -0.39 is 0 Å². The maximum Gasteiger partial charge on any atom is 0.131 e. The summed E-state index contributed by atoms with van der Waals surface area (Å²) < 4.78 is 2.23. The van der Waals surface area contributed by atoms with E-state index in [1.54, 1.807) is 0 Å². The van der Waals surface area contributed by atoms with Crippen LogP contribution in [0.2, 0.25) is 0 Å². The molecular weight excluding hydrogens is 246 g/mol. The molecule has 3 rings (SSSR count). The first-order valence-corrected chi connectivity index (χ1v) is 7.61. The molecule has 1 aromatic carbocycles. The first kappa shape index (κ1) is 13.2. The summed E-state index contributed by atoms with van der Waals surface area (Å²) in [5.74, 6) is 2.58. The molecule has 3 nitrogen and oxygen atoms in total. The fraction of sp³-hybridized carbons (Fsp3) is 0.471. The van der Waals surface area contributed by atoms with Gasteiger partial charge >= 0.3 is 0 Å². The van der Waals surface area contributed by atoms with Crippen molar-refractivity contribution in [2.75, 3.05) is 5.73 Å². The third-order valence-corrected chi connectivity index (χ3v) is 4.26. The molecule has 0 spiro atoms. The van der Waals surface area contributed by atoms with Gasteiger partial charge in [0.2, 0.25) is 0 Å². The molecule has 0 amide bonds. The van der Waals surface area contributed by atoms with Crippen LogP contribution in [0.4, 0.5) is 5.82 Å². The number of rotatable bonds is 3. The van der Waals surface area contributed by atoms with E-state index >= 15 is 0 Å². The second kappa shape index (κ2) is 5.31. The summed E-state index contributed by atoms with van der Waals surface area (Å²) >= 11 is 0. The van der Waals surface area contributed by atoms with Gasteiger partial charge in [-0.2, -0.15) is 0 Å². The smallest absolute Gasteiger partial charge is 0.131 e. The zero-order valence-corrected chi connectivity index (χ0v) is 12.3. The van der Waals surface area contributed by atoms with Crippen molar-refractivity contribution in [2.45, 2.75) is 51.5 Å². The van der Waals surface area contributed by atoms with Crippen LogP contribution < -0.4 is 5.73 Å². The van der Waals surface area contributed by atoms with E-state index in [0.717, 1.165) is 17.1 Å². The Kier molecular flexibility index (Phi) is 3.51. The number of anilines is 1. The maximum absolute atomic E-state index is 6.41. The minimum Gasteiger partial charge on any atom is -0.383 e. The molecule has 0 radical (unpaired) electrons. The number of nitrogens with two attached hydrogens (primary N) is 1. The second-order valence-electron chi connectivity index (χ2n) is 6.02. The molecule has 0 saturated heterocycles. The molecule has 0 atom stereocenters. The van der Waals surface area contributed by atoms with E-state index in [2.05, 4.69) is 30.5 Å². The van der Waals surface area contributed by atoms with Gasteiger partial charge in [0, 0.05) is 17.5 Å². The number of benzene rings is 1. The first-order valence-electron chi connectivity index (χ1n) is 7.61. The molecule has 2 aromatic rings. The highest BCUT2D eigenvalue weighted by Crippen LogP contribution is 2.38. The summed E-state index contributed by atoms with van der Waals surface area (Å²) in [6.45, 7) is 4.37. The Hall–Kier alpha value is -1.77. The normalized spacial score (nSPS) is 16.1. The fourth-order valence-corrected chi connectivity index (χ4v) is 3.29. The van der Waals surface area contributed by atoms with Crippen LogP contribution in [0.15, 0.2) is 30.3 Å². The lowest BCUT2D eigenvalue weighted by molar-refractivity contribution is 0.534. The van der Waals surface area contributed by atoms with E-state index in [-0.39, 0.29) is 0 Å². The molecule has 1 aliphatic rings. The van der Waals surface area contributed by atoms with E-state index in [1.165, 1.54) is 31.5 Å². The fourth-order valence-electron chi connectivity index (χ4n) is 3.29. The zero-order valence-electron chi connectivity index (χ0n) is 12.3. The van der Waals surface area contributed by atoms with Gasteiger partial charge in [0.1, 0.15) is 17.3 Å². The van der Waals surface area contributed by atoms with E-state index in [4.69, 9.17) is 10.7 Å². The van der Waals surface area contributed by atoms with Gasteiger partial charge < -0.3 is 10.3 Å². The van der Waals surface area contributed by atoms with Crippen molar-refractivity contribution in [1.29, 1.82) is 0 Å². The first-order chi connectivity index (χ1) is 9.68. The van der Waals surface area contributed by atoms with Gasteiger partial charge in [-0.3, -0.25) is 0 Å². The number of hydrogen-bond donors (Lipinski definition) is 1. The molecule has 1 saturated carbocycles. The van der Waals surface area contributed by atoms with Gasteiger partial charge in [0.15, 0.2) is 0 Å². The average Bonchev–Trinajstić information content (AvgIpc) is 3.06. The van der Waals surface area contributed by atoms with Gasteiger partial charge in [0.05, 0.1) is 0 Å². The Balaban J connectivity index is 2.10. The van der Waals surface area contributed by atoms with Crippen LogP contribution >= 0.6 is 0 Å². The topological polar surface area (TPSA) is 43.8 Å². The molecule has 3 heteroatoms. The van der Waals surface area contributed by atoms with Crippen LogP contribution in [0.25, 0.3) is 11.3 Å². The van der Waals surface area contributed by atoms with Gasteiger partial charge in [-0.1, -0.05) is 43.2 Å². The number of nitrogen functional groups attached to an aromatic ring is 1. The van der Waals surface area contributed by atoms with Crippen LogP contribution in [-0.2, 0) is 0 Å². The lowest BCUT2D eigenvalue weighted by atomic mass is 10.1. The van der Waals surface area contributed by atoms with Crippen molar-refractivity contribution >= 4 is 5.82 Å². The third kappa shape index (κ3) is 2.21. The monoisotopic (exact) mass is 269 g/mol. The van der Waals surface area contributed by atoms with Crippen molar-refractivity contribution in [3.8, 4) is 11.3 Å². The molecule has 1 heterocycles. The van der Waals surface area contributed by atoms with Crippen LogP contribution in [0.3, 0.4) is 0 Å². The van der Waals surface area contributed by atoms with Gasteiger partial charge in [-0.25, -0.2) is 4.98 Å². The Morgan fingerprint density at radius 2 is 1.80 bits per heavy atom. The van der Waals surface area contributed by atoms with Crippen molar-refractivity contribution in [2.24, 2.45) is 0 Å². The van der Waals surface area contributed by atoms with Crippen molar-refractivity contribution in [3.63, 3.8) is 0 Å². The Morgan fingerprint density at radius 3 is 2.40 bits per heavy atom. The van der Waals surface area contributed by atoms with Crippen LogP contribution in [0, 0.1) is 0 Å². The second-order valence-corrected chi connectivity index (χ2v) is 6.02. The molecule has 2 N–H and O–H groups in total. The van der Waals surface area contributed by atoms with Crippen molar-refractivity contribution in [1.82, 2.24) is 9.55 Å². The summed E-state index contributed by atoms with van der Waals surface area (Å²) in [4.78, 5) is 4.92. The molecule has 20 heavy (non-hydrogen) atoms.